The second kappa shape index (κ2) is 7.43. The summed E-state index contributed by atoms with van der Waals surface area (Å²) in [6.45, 7) is 0.0671. The summed E-state index contributed by atoms with van der Waals surface area (Å²) in [5.74, 6) is 1.34. The lowest BCUT2D eigenvalue weighted by Gasteiger charge is -2.30. The Balaban J connectivity index is 1.82. The third-order valence-electron chi connectivity index (χ3n) is 4.33. The van der Waals surface area contributed by atoms with E-state index in [0.29, 0.717) is 5.92 Å². The first kappa shape index (κ1) is 15.1. The lowest BCUT2D eigenvalue weighted by Crippen LogP contribution is -2.33. The molecule has 22 heavy (non-hydrogen) atoms. The van der Waals surface area contributed by atoms with E-state index in [1.54, 1.807) is 6.26 Å². The van der Waals surface area contributed by atoms with Crippen LogP contribution in [-0.4, -0.2) is 11.7 Å². The number of furan rings is 1. The molecule has 3 heteroatoms. The van der Waals surface area contributed by atoms with Gasteiger partial charge in [-0.25, -0.2) is 0 Å². The lowest BCUT2D eigenvalue weighted by atomic mass is 9.87. The molecule has 0 aliphatic heterocycles. The standard InChI is InChI=1S/C19H23NO2/c21-14-17(15-8-3-1-4-9-15)20-19(18-12-7-13-22-18)16-10-5-2-6-11-16/h1,3-5,7-10,12-13,16-17,19-21H,2,6,11,14H2/t16-,17-,19+/m0/s1. The molecule has 1 aromatic heterocycles. The Bertz CT molecular complexity index is 577. The Morgan fingerprint density at radius 3 is 2.68 bits per heavy atom. The Kier molecular flexibility index (Phi) is 5.09. The van der Waals surface area contributed by atoms with Gasteiger partial charge < -0.3 is 9.52 Å². The van der Waals surface area contributed by atoms with E-state index in [1.807, 2.05) is 42.5 Å². The highest BCUT2D eigenvalue weighted by molar-refractivity contribution is 5.20. The Morgan fingerprint density at radius 2 is 2.05 bits per heavy atom. The zero-order chi connectivity index (χ0) is 15.2. The maximum absolute atomic E-state index is 9.81. The SMILES string of the molecule is OC[C@H](N[C@@H](c1ccco1)[C@H]1C=CCCC1)c1ccccc1. The van der Waals surface area contributed by atoms with Crippen LogP contribution in [0.25, 0.3) is 0 Å². The van der Waals surface area contributed by atoms with Crippen LogP contribution in [0.5, 0.6) is 0 Å². The van der Waals surface area contributed by atoms with E-state index < -0.39 is 0 Å². The van der Waals surface area contributed by atoms with Crippen LogP contribution in [0.4, 0.5) is 0 Å². The average Bonchev–Trinajstić information content (AvgIpc) is 3.12. The molecular formula is C19H23NO2. The molecule has 0 bridgehead atoms. The molecule has 2 N–H and O–H groups in total. The highest BCUT2D eigenvalue weighted by Gasteiger charge is 2.27. The number of allylic oxidation sites excluding steroid dienone is 1. The topological polar surface area (TPSA) is 45.4 Å². The molecule has 1 aliphatic carbocycles. The molecule has 0 fully saturated rings. The minimum absolute atomic E-state index is 0.0671. The van der Waals surface area contributed by atoms with Crippen LogP contribution < -0.4 is 5.32 Å². The molecule has 0 radical (unpaired) electrons. The highest BCUT2D eigenvalue weighted by atomic mass is 16.3. The normalized spacial score (nSPS) is 20.7. The van der Waals surface area contributed by atoms with Gasteiger partial charge in [-0.1, -0.05) is 42.5 Å². The van der Waals surface area contributed by atoms with Crippen molar-refractivity contribution in [2.24, 2.45) is 5.92 Å². The van der Waals surface area contributed by atoms with Crippen molar-refractivity contribution in [1.29, 1.82) is 0 Å². The number of hydrogen-bond donors (Lipinski definition) is 2. The van der Waals surface area contributed by atoms with E-state index in [-0.39, 0.29) is 18.7 Å². The van der Waals surface area contributed by atoms with Gasteiger partial charge in [0.15, 0.2) is 0 Å². The van der Waals surface area contributed by atoms with Gasteiger partial charge in [0, 0.05) is 0 Å². The van der Waals surface area contributed by atoms with Crippen LogP contribution in [0, 0.1) is 5.92 Å². The summed E-state index contributed by atoms with van der Waals surface area (Å²) in [6, 6.07) is 14.0. The van der Waals surface area contributed by atoms with E-state index in [2.05, 4.69) is 17.5 Å². The summed E-state index contributed by atoms with van der Waals surface area (Å²) < 4.78 is 5.65. The average molecular weight is 297 g/mol. The number of aliphatic hydroxyl groups excluding tert-OH is 1. The predicted octanol–water partition coefficient (Wildman–Crippen LogP) is 4.00. The maximum Gasteiger partial charge on any atom is 0.121 e. The molecule has 0 saturated heterocycles. The highest BCUT2D eigenvalue weighted by Crippen LogP contribution is 2.33. The third-order valence-corrected chi connectivity index (χ3v) is 4.33. The lowest BCUT2D eigenvalue weighted by molar-refractivity contribution is 0.210. The monoisotopic (exact) mass is 297 g/mol. The van der Waals surface area contributed by atoms with Crippen molar-refractivity contribution >= 4 is 0 Å². The molecule has 116 valence electrons. The van der Waals surface area contributed by atoms with Crippen molar-refractivity contribution < 1.29 is 9.52 Å². The van der Waals surface area contributed by atoms with E-state index in [1.165, 1.54) is 6.42 Å². The molecule has 2 aromatic rings. The Hall–Kier alpha value is -1.84. The Labute approximate surface area is 131 Å². The molecule has 1 aliphatic rings. The molecule has 0 unspecified atom stereocenters. The summed E-state index contributed by atoms with van der Waals surface area (Å²) in [4.78, 5) is 0. The fourth-order valence-corrected chi connectivity index (χ4v) is 3.16. The number of nitrogens with one attached hydrogen (secondary N) is 1. The first-order chi connectivity index (χ1) is 10.9. The van der Waals surface area contributed by atoms with Crippen LogP contribution in [-0.2, 0) is 0 Å². The zero-order valence-corrected chi connectivity index (χ0v) is 12.7. The second-order valence-corrected chi connectivity index (χ2v) is 5.83. The first-order valence-electron chi connectivity index (χ1n) is 8.00. The predicted molar refractivity (Wildman–Crippen MR) is 87.3 cm³/mol. The minimum atomic E-state index is -0.0911. The smallest absolute Gasteiger partial charge is 0.121 e. The van der Waals surface area contributed by atoms with Crippen molar-refractivity contribution in [3.05, 3.63) is 72.2 Å². The molecular weight excluding hydrogens is 274 g/mol. The van der Waals surface area contributed by atoms with Gasteiger partial charge in [0.05, 0.1) is 25.0 Å². The van der Waals surface area contributed by atoms with Crippen molar-refractivity contribution in [2.45, 2.75) is 31.3 Å². The van der Waals surface area contributed by atoms with Gasteiger partial charge >= 0.3 is 0 Å². The van der Waals surface area contributed by atoms with Crippen molar-refractivity contribution in [1.82, 2.24) is 5.32 Å². The van der Waals surface area contributed by atoms with Crippen LogP contribution in [0.3, 0.4) is 0 Å². The van der Waals surface area contributed by atoms with E-state index in [4.69, 9.17) is 4.42 Å². The molecule has 1 heterocycles. The molecule has 3 atom stereocenters. The first-order valence-corrected chi connectivity index (χ1v) is 8.00. The van der Waals surface area contributed by atoms with Gasteiger partial charge in [-0.3, -0.25) is 5.32 Å². The third kappa shape index (κ3) is 3.49. The maximum atomic E-state index is 9.81. The van der Waals surface area contributed by atoms with Gasteiger partial charge in [0.2, 0.25) is 0 Å². The number of hydrogen-bond acceptors (Lipinski definition) is 3. The fraction of sp³-hybridized carbons (Fsp3) is 0.368. The molecule has 0 spiro atoms. The summed E-state index contributed by atoms with van der Waals surface area (Å²) in [5, 5.41) is 13.4. The van der Waals surface area contributed by atoms with Crippen LogP contribution in [0.1, 0.15) is 42.7 Å². The van der Waals surface area contributed by atoms with Crippen LogP contribution in [0.2, 0.25) is 0 Å². The van der Waals surface area contributed by atoms with Gasteiger partial charge in [0.25, 0.3) is 0 Å². The zero-order valence-electron chi connectivity index (χ0n) is 12.7. The molecule has 3 nitrogen and oxygen atoms in total. The van der Waals surface area contributed by atoms with E-state index in [9.17, 15) is 5.11 Å². The summed E-state index contributed by atoms with van der Waals surface area (Å²) in [6.07, 6.45) is 9.75. The van der Waals surface area contributed by atoms with Gasteiger partial charge in [-0.15, -0.1) is 0 Å². The molecule has 1 aromatic carbocycles. The fourth-order valence-electron chi connectivity index (χ4n) is 3.16. The van der Waals surface area contributed by atoms with Gasteiger partial charge in [-0.05, 0) is 42.9 Å². The van der Waals surface area contributed by atoms with Gasteiger partial charge in [0.1, 0.15) is 5.76 Å². The number of rotatable bonds is 6. The largest absolute Gasteiger partial charge is 0.468 e. The Morgan fingerprint density at radius 1 is 1.18 bits per heavy atom. The number of benzene rings is 1. The summed E-state index contributed by atoms with van der Waals surface area (Å²) >= 11 is 0. The number of aliphatic hydroxyl groups is 1. The van der Waals surface area contributed by atoms with Gasteiger partial charge in [-0.2, -0.15) is 0 Å². The van der Waals surface area contributed by atoms with E-state index in [0.717, 1.165) is 24.2 Å². The minimum Gasteiger partial charge on any atom is -0.468 e. The van der Waals surface area contributed by atoms with Crippen molar-refractivity contribution in [3.8, 4) is 0 Å². The molecule has 0 saturated carbocycles. The molecule has 3 rings (SSSR count). The van der Waals surface area contributed by atoms with Crippen LogP contribution in [0.15, 0.2) is 65.3 Å². The summed E-state index contributed by atoms with van der Waals surface area (Å²) in [5.41, 5.74) is 1.10. The van der Waals surface area contributed by atoms with Crippen molar-refractivity contribution in [2.75, 3.05) is 6.61 Å². The van der Waals surface area contributed by atoms with Crippen LogP contribution >= 0.6 is 0 Å². The second-order valence-electron chi connectivity index (χ2n) is 5.83. The van der Waals surface area contributed by atoms with E-state index >= 15 is 0 Å². The molecule has 0 amide bonds. The summed E-state index contributed by atoms with van der Waals surface area (Å²) in [7, 11) is 0. The van der Waals surface area contributed by atoms with Crippen molar-refractivity contribution in [3.63, 3.8) is 0 Å². The quantitative estimate of drug-likeness (QED) is 0.792.